The molecule has 0 aliphatic rings. The van der Waals surface area contributed by atoms with E-state index in [0.717, 1.165) is 0 Å². The Morgan fingerprint density at radius 1 is 1.62 bits per heavy atom. The monoisotopic (exact) mass is 222 g/mol. The zero-order chi connectivity index (χ0) is 9.90. The maximum absolute atomic E-state index is 11.5. The Morgan fingerprint density at radius 2 is 2.31 bits per heavy atom. The zero-order valence-corrected chi connectivity index (χ0v) is 8.85. The molecule has 0 N–H and O–H groups in total. The van der Waals surface area contributed by atoms with E-state index in [1.54, 1.807) is 13.2 Å². The largest absolute Gasteiger partial charge is 0.325 e. The SMILES string of the molecule is Cn1ccnc1S(=O)(=O)CCCCl. The van der Waals surface area contributed by atoms with Crippen LogP contribution in [0.25, 0.3) is 0 Å². The van der Waals surface area contributed by atoms with Gasteiger partial charge in [-0.2, -0.15) is 0 Å². The van der Waals surface area contributed by atoms with Crippen molar-refractivity contribution in [2.75, 3.05) is 11.6 Å². The van der Waals surface area contributed by atoms with Gasteiger partial charge in [-0.15, -0.1) is 11.6 Å². The van der Waals surface area contributed by atoms with Gasteiger partial charge in [-0.05, 0) is 6.42 Å². The molecule has 0 aromatic carbocycles. The number of hydrogen-bond acceptors (Lipinski definition) is 3. The lowest BCUT2D eigenvalue weighted by Gasteiger charge is -2.01. The molecule has 0 aliphatic heterocycles. The summed E-state index contributed by atoms with van der Waals surface area (Å²) in [7, 11) is -1.59. The predicted molar refractivity (Wildman–Crippen MR) is 50.6 cm³/mol. The molecule has 1 rings (SSSR count). The molecule has 1 aromatic rings. The Bertz CT molecular complexity index is 372. The smallest absolute Gasteiger partial charge is 0.227 e. The van der Waals surface area contributed by atoms with E-state index in [2.05, 4.69) is 4.98 Å². The van der Waals surface area contributed by atoms with Gasteiger partial charge in [0.25, 0.3) is 0 Å². The van der Waals surface area contributed by atoms with E-state index in [1.165, 1.54) is 10.8 Å². The minimum atomic E-state index is -3.24. The fourth-order valence-electron chi connectivity index (χ4n) is 0.987. The van der Waals surface area contributed by atoms with E-state index in [1.807, 2.05) is 0 Å². The number of halogens is 1. The molecule has 0 unspecified atom stereocenters. The van der Waals surface area contributed by atoms with Gasteiger partial charge in [0.2, 0.25) is 15.0 Å². The third-order valence-corrected chi connectivity index (χ3v) is 3.64. The van der Waals surface area contributed by atoms with E-state index < -0.39 is 9.84 Å². The fraction of sp³-hybridized carbons (Fsp3) is 0.571. The van der Waals surface area contributed by atoms with E-state index in [0.29, 0.717) is 12.3 Å². The number of hydrogen-bond donors (Lipinski definition) is 0. The molecule has 4 nitrogen and oxygen atoms in total. The Balaban J connectivity index is 2.88. The summed E-state index contributed by atoms with van der Waals surface area (Å²) in [6.45, 7) is 0. The highest BCUT2D eigenvalue weighted by Crippen LogP contribution is 2.08. The standard InChI is InChI=1S/C7H11ClN2O2S/c1-10-5-4-9-7(10)13(11,12)6-2-3-8/h4-5H,2-3,6H2,1H3. The topological polar surface area (TPSA) is 52.0 Å². The van der Waals surface area contributed by atoms with Crippen molar-refractivity contribution in [2.45, 2.75) is 11.6 Å². The van der Waals surface area contributed by atoms with E-state index >= 15 is 0 Å². The molecule has 0 amide bonds. The summed E-state index contributed by atoms with van der Waals surface area (Å²) in [6.07, 6.45) is 3.53. The second-order valence-electron chi connectivity index (χ2n) is 2.68. The molecule has 0 atom stereocenters. The maximum Gasteiger partial charge on any atom is 0.227 e. The van der Waals surface area contributed by atoms with Crippen LogP contribution in [0.3, 0.4) is 0 Å². The molecular formula is C7H11ClN2O2S. The number of imidazole rings is 1. The Kier molecular flexibility index (Phi) is 3.33. The first-order valence-electron chi connectivity index (χ1n) is 3.84. The molecule has 0 spiro atoms. The van der Waals surface area contributed by atoms with Crippen LogP contribution in [0.5, 0.6) is 0 Å². The normalized spacial score (nSPS) is 11.8. The van der Waals surface area contributed by atoms with Crippen LogP contribution < -0.4 is 0 Å². The number of aryl methyl sites for hydroxylation is 1. The number of aromatic nitrogens is 2. The van der Waals surface area contributed by atoms with Crippen LogP contribution >= 0.6 is 11.6 Å². The van der Waals surface area contributed by atoms with Gasteiger partial charge >= 0.3 is 0 Å². The lowest BCUT2D eigenvalue weighted by Crippen LogP contribution is -2.12. The van der Waals surface area contributed by atoms with Gasteiger partial charge in [0.15, 0.2) is 0 Å². The molecule has 74 valence electrons. The summed E-state index contributed by atoms with van der Waals surface area (Å²) in [5.74, 6) is 0.408. The van der Waals surface area contributed by atoms with Gasteiger partial charge in [0.05, 0.1) is 5.75 Å². The van der Waals surface area contributed by atoms with Crippen molar-refractivity contribution in [2.24, 2.45) is 7.05 Å². The van der Waals surface area contributed by atoms with Crippen molar-refractivity contribution < 1.29 is 8.42 Å². The molecule has 1 aromatic heterocycles. The summed E-state index contributed by atoms with van der Waals surface area (Å²) in [4.78, 5) is 3.77. The number of alkyl halides is 1. The maximum atomic E-state index is 11.5. The van der Waals surface area contributed by atoms with Crippen LogP contribution in [0.2, 0.25) is 0 Å². The molecular weight excluding hydrogens is 212 g/mol. The van der Waals surface area contributed by atoms with Crippen LogP contribution in [0, 0.1) is 0 Å². The van der Waals surface area contributed by atoms with Gasteiger partial charge in [-0.25, -0.2) is 13.4 Å². The first-order chi connectivity index (χ1) is 6.08. The molecule has 1 heterocycles. The second kappa shape index (κ2) is 4.11. The first kappa shape index (κ1) is 10.5. The number of sulfone groups is 1. The van der Waals surface area contributed by atoms with Gasteiger partial charge in [-0.1, -0.05) is 0 Å². The van der Waals surface area contributed by atoms with Crippen molar-refractivity contribution in [3.63, 3.8) is 0 Å². The Hall–Kier alpha value is -0.550. The van der Waals surface area contributed by atoms with Crippen molar-refractivity contribution in [1.29, 1.82) is 0 Å². The molecule has 0 saturated heterocycles. The summed E-state index contributed by atoms with van der Waals surface area (Å²) in [5, 5.41) is 0.109. The van der Waals surface area contributed by atoms with E-state index in [-0.39, 0.29) is 10.9 Å². The van der Waals surface area contributed by atoms with Crippen molar-refractivity contribution in [1.82, 2.24) is 9.55 Å². The molecule has 0 saturated carbocycles. The molecule has 6 heteroatoms. The Labute approximate surface area is 82.5 Å². The van der Waals surface area contributed by atoms with Crippen LogP contribution in [0.1, 0.15) is 6.42 Å². The third kappa shape index (κ3) is 2.45. The highest BCUT2D eigenvalue weighted by atomic mass is 35.5. The summed E-state index contributed by atoms with van der Waals surface area (Å²) < 4.78 is 24.6. The summed E-state index contributed by atoms with van der Waals surface area (Å²) in [6, 6.07) is 0. The average molecular weight is 223 g/mol. The van der Waals surface area contributed by atoms with Gasteiger partial charge in [0.1, 0.15) is 0 Å². The van der Waals surface area contributed by atoms with Crippen molar-refractivity contribution in [3.05, 3.63) is 12.4 Å². The number of rotatable bonds is 4. The average Bonchev–Trinajstić information content (AvgIpc) is 2.48. The fourth-order valence-corrected chi connectivity index (χ4v) is 2.71. The van der Waals surface area contributed by atoms with Crippen LogP contribution in [0.4, 0.5) is 0 Å². The summed E-state index contributed by atoms with van der Waals surface area (Å²) in [5.41, 5.74) is 0. The van der Waals surface area contributed by atoms with Crippen LogP contribution in [0.15, 0.2) is 17.6 Å². The van der Waals surface area contributed by atoms with Crippen LogP contribution in [-0.2, 0) is 16.9 Å². The second-order valence-corrected chi connectivity index (χ2v) is 5.06. The molecule has 0 bridgehead atoms. The molecule has 0 radical (unpaired) electrons. The van der Waals surface area contributed by atoms with Gasteiger partial charge in [0, 0.05) is 25.3 Å². The summed E-state index contributed by atoms with van der Waals surface area (Å²) >= 11 is 5.42. The van der Waals surface area contributed by atoms with Crippen molar-refractivity contribution in [3.8, 4) is 0 Å². The van der Waals surface area contributed by atoms with E-state index in [4.69, 9.17) is 11.6 Å². The first-order valence-corrected chi connectivity index (χ1v) is 6.02. The van der Waals surface area contributed by atoms with Gasteiger partial charge in [-0.3, -0.25) is 0 Å². The third-order valence-electron chi connectivity index (χ3n) is 1.60. The highest BCUT2D eigenvalue weighted by Gasteiger charge is 2.18. The zero-order valence-electron chi connectivity index (χ0n) is 7.27. The lowest BCUT2D eigenvalue weighted by molar-refractivity contribution is 0.578. The van der Waals surface area contributed by atoms with E-state index in [9.17, 15) is 8.42 Å². The molecule has 0 aliphatic carbocycles. The van der Waals surface area contributed by atoms with Crippen molar-refractivity contribution >= 4 is 21.4 Å². The minimum Gasteiger partial charge on any atom is -0.325 e. The lowest BCUT2D eigenvalue weighted by atomic mass is 10.6. The quantitative estimate of drug-likeness (QED) is 0.709. The van der Waals surface area contributed by atoms with Crippen LogP contribution in [-0.4, -0.2) is 29.6 Å². The Morgan fingerprint density at radius 3 is 2.77 bits per heavy atom. The number of nitrogens with zero attached hydrogens (tertiary/aromatic N) is 2. The highest BCUT2D eigenvalue weighted by molar-refractivity contribution is 7.91. The minimum absolute atomic E-state index is 0.0569. The van der Waals surface area contributed by atoms with Gasteiger partial charge < -0.3 is 4.57 Å². The predicted octanol–water partition coefficient (Wildman–Crippen LogP) is 0.823. The molecule has 13 heavy (non-hydrogen) atoms. The molecule has 0 fully saturated rings.